The van der Waals surface area contributed by atoms with E-state index in [1.165, 1.54) is 0 Å². The number of halogens is 4. The highest BCUT2D eigenvalue weighted by atomic mass is 127. The minimum Gasteiger partial charge on any atom is -0.327 e. The number of amides is 1. The fourth-order valence-electron chi connectivity index (χ4n) is 1.12. The van der Waals surface area contributed by atoms with Gasteiger partial charge in [0.1, 0.15) is 11.6 Å². The second-order valence-corrected chi connectivity index (χ2v) is 4.97. The summed E-state index contributed by atoms with van der Waals surface area (Å²) in [5.41, 5.74) is 5.66. The Balaban J connectivity index is 0.00000289. The summed E-state index contributed by atoms with van der Waals surface area (Å²) in [6, 6.07) is 1.83. The number of benzene rings is 1. The average Bonchev–Trinajstić information content (AvgIpc) is 2.24. The second-order valence-electron chi connectivity index (χ2n) is 3.89. The molecule has 0 aliphatic carbocycles. The molecule has 0 radical (unpaired) electrons. The van der Waals surface area contributed by atoms with Crippen LogP contribution < -0.4 is 11.1 Å². The maximum Gasteiger partial charge on any atom is 0.228 e. The molecular formula is C11H14ClF2IN2O. The summed E-state index contributed by atoms with van der Waals surface area (Å²) in [5, 5.41) is 2.43. The standard InChI is InChI=1S/C11H13F2IN2O.ClH/c1-5(6(2)15)11(17)16-7-3-8(12)10(14)9(13)4-7;/h3-6H,15H2,1-2H3,(H,16,17);1H. The summed E-state index contributed by atoms with van der Waals surface area (Å²) < 4.78 is 26.4. The van der Waals surface area contributed by atoms with Gasteiger partial charge < -0.3 is 11.1 Å². The topological polar surface area (TPSA) is 55.1 Å². The van der Waals surface area contributed by atoms with E-state index >= 15 is 0 Å². The minimum atomic E-state index is -0.700. The Bertz CT molecular complexity index is 420. The van der Waals surface area contributed by atoms with Gasteiger partial charge in [-0.25, -0.2) is 8.78 Å². The fourth-order valence-corrected chi connectivity index (χ4v) is 1.43. The Hall–Kier alpha value is -0.470. The van der Waals surface area contributed by atoms with Gasteiger partial charge in [-0.15, -0.1) is 12.4 Å². The van der Waals surface area contributed by atoms with Crippen molar-refractivity contribution in [3.63, 3.8) is 0 Å². The van der Waals surface area contributed by atoms with Gasteiger partial charge in [0.15, 0.2) is 0 Å². The van der Waals surface area contributed by atoms with Crippen LogP contribution in [0.1, 0.15) is 13.8 Å². The monoisotopic (exact) mass is 390 g/mol. The predicted octanol–water partition coefficient (Wildman–Crippen LogP) is 2.91. The third-order valence-corrected chi connectivity index (χ3v) is 3.48. The van der Waals surface area contributed by atoms with Gasteiger partial charge >= 0.3 is 0 Å². The van der Waals surface area contributed by atoms with Crippen LogP contribution in [0.3, 0.4) is 0 Å². The summed E-state index contributed by atoms with van der Waals surface area (Å²) in [6.45, 7) is 3.35. The Morgan fingerprint density at radius 2 is 1.78 bits per heavy atom. The van der Waals surface area contributed by atoms with Crippen LogP contribution >= 0.6 is 35.0 Å². The number of nitrogens with one attached hydrogen (secondary N) is 1. The molecule has 0 aliphatic rings. The van der Waals surface area contributed by atoms with E-state index < -0.39 is 17.6 Å². The molecule has 1 aromatic carbocycles. The third-order valence-electron chi connectivity index (χ3n) is 2.45. The summed E-state index contributed by atoms with van der Waals surface area (Å²) >= 11 is 1.56. The van der Waals surface area contributed by atoms with Crippen LogP contribution in [0, 0.1) is 21.1 Å². The minimum absolute atomic E-state index is 0. The molecule has 2 atom stereocenters. The van der Waals surface area contributed by atoms with Crippen molar-refractivity contribution < 1.29 is 13.6 Å². The van der Waals surface area contributed by atoms with Crippen LogP contribution in [0.15, 0.2) is 12.1 Å². The largest absolute Gasteiger partial charge is 0.327 e. The molecule has 0 aromatic heterocycles. The second kappa shape index (κ2) is 7.20. The van der Waals surface area contributed by atoms with E-state index in [-0.39, 0.29) is 33.6 Å². The molecule has 0 aliphatic heterocycles. The van der Waals surface area contributed by atoms with Gasteiger partial charge in [-0.05, 0) is 41.6 Å². The average molecular weight is 391 g/mol. The predicted molar refractivity (Wildman–Crippen MR) is 77.8 cm³/mol. The molecular weight excluding hydrogens is 376 g/mol. The number of nitrogens with two attached hydrogens (primary N) is 1. The Morgan fingerprint density at radius 3 is 2.17 bits per heavy atom. The Morgan fingerprint density at radius 1 is 1.33 bits per heavy atom. The van der Waals surface area contributed by atoms with E-state index in [0.717, 1.165) is 12.1 Å². The van der Waals surface area contributed by atoms with Crippen molar-refractivity contribution in [1.82, 2.24) is 0 Å². The highest BCUT2D eigenvalue weighted by Gasteiger charge is 2.18. The molecule has 3 nitrogen and oxygen atoms in total. The zero-order valence-corrected chi connectivity index (χ0v) is 12.8. The van der Waals surface area contributed by atoms with Crippen LogP contribution in [-0.2, 0) is 4.79 Å². The van der Waals surface area contributed by atoms with E-state index in [1.54, 1.807) is 36.4 Å². The molecule has 2 unspecified atom stereocenters. The first-order valence-corrected chi connectivity index (χ1v) is 6.11. The summed E-state index contributed by atoms with van der Waals surface area (Å²) in [7, 11) is 0. The first-order chi connectivity index (χ1) is 7.82. The molecule has 0 saturated heterocycles. The molecule has 7 heteroatoms. The van der Waals surface area contributed by atoms with Gasteiger partial charge in [-0.3, -0.25) is 4.79 Å². The maximum atomic E-state index is 13.2. The van der Waals surface area contributed by atoms with Gasteiger partial charge in [-0.2, -0.15) is 0 Å². The van der Waals surface area contributed by atoms with Crippen molar-refractivity contribution >= 4 is 46.6 Å². The van der Waals surface area contributed by atoms with Gasteiger partial charge in [0.25, 0.3) is 0 Å². The van der Waals surface area contributed by atoms with Crippen LogP contribution in [0.5, 0.6) is 0 Å². The van der Waals surface area contributed by atoms with Crippen LogP contribution in [0.4, 0.5) is 14.5 Å². The van der Waals surface area contributed by atoms with E-state index in [1.807, 2.05) is 0 Å². The molecule has 0 saturated carbocycles. The first-order valence-electron chi connectivity index (χ1n) is 5.04. The lowest BCUT2D eigenvalue weighted by Gasteiger charge is -2.15. The molecule has 0 fully saturated rings. The quantitative estimate of drug-likeness (QED) is 0.616. The van der Waals surface area contributed by atoms with Gasteiger partial charge in [0, 0.05) is 11.7 Å². The number of hydrogen-bond acceptors (Lipinski definition) is 2. The Kier molecular flexibility index (Phi) is 7.01. The van der Waals surface area contributed by atoms with E-state index in [9.17, 15) is 13.6 Å². The smallest absolute Gasteiger partial charge is 0.228 e. The summed E-state index contributed by atoms with van der Waals surface area (Å²) in [5.74, 6) is -2.19. The highest BCUT2D eigenvalue weighted by Crippen LogP contribution is 2.21. The highest BCUT2D eigenvalue weighted by molar-refractivity contribution is 14.1. The van der Waals surface area contributed by atoms with Crippen molar-refractivity contribution in [2.45, 2.75) is 19.9 Å². The molecule has 102 valence electrons. The number of carbonyl (C=O) groups excluding carboxylic acids is 1. The van der Waals surface area contributed by atoms with Crippen LogP contribution in [0.2, 0.25) is 0 Å². The molecule has 0 heterocycles. The zero-order valence-electron chi connectivity index (χ0n) is 9.84. The Labute approximate surface area is 124 Å². The van der Waals surface area contributed by atoms with Gasteiger partial charge in [0.05, 0.1) is 9.49 Å². The molecule has 3 N–H and O–H groups in total. The number of rotatable bonds is 3. The maximum absolute atomic E-state index is 13.2. The SMILES string of the molecule is CC(N)C(C)C(=O)Nc1cc(F)c(I)c(F)c1.Cl. The van der Waals surface area contributed by atoms with Crippen molar-refractivity contribution in [2.24, 2.45) is 11.7 Å². The van der Waals surface area contributed by atoms with Crippen molar-refractivity contribution in [3.8, 4) is 0 Å². The normalized spacial score (nSPS) is 13.4. The third kappa shape index (κ3) is 4.33. The van der Waals surface area contributed by atoms with Crippen molar-refractivity contribution in [3.05, 3.63) is 27.3 Å². The molecule has 1 amide bonds. The lowest BCUT2D eigenvalue weighted by Crippen LogP contribution is -2.34. The van der Waals surface area contributed by atoms with Gasteiger partial charge in [-0.1, -0.05) is 6.92 Å². The van der Waals surface area contributed by atoms with Crippen LogP contribution in [-0.4, -0.2) is 11.9 Å². The first kappa shape index (κ1) is 17.5. The van der Waals surface area contributed by atoms with E-state index in [0.29, 0.717) is 0 Å². The van der Waals surface area contributed by atoms with E-state index in [2.05, 4.69) is 5.32 Å². The lowest BCUT2D eigenvalue weighted by atomic mass is 10.0. The number of carbonyl (C=O) groups is 1. The lowest BCUT2D eigenvalue weighted by molar-refractivity contribution is -0.119. The number of hydrogen-bond donors (Lipinski definition) is 2. The molecule has 18 heavy (non-hydrogen) atoms. The molecule has 1 aromatic rings. The fraction of sp³-hybridized carbons (Fsp3) is 0.364. The molecule has 0 spiro atoms. The molecule has 0 bridgehead atoms. The number of anilines is 1. The van der Waals surface area contributed by atoms with Gasteiger partial charge in [0.2, 0.25) is 5.91 Å². The summed E-state index contributed by atoms with van der Waals surface area (Å²) in [6.07, 6.45) is 0. The zero-order chi connectivity index (χ0) is 13.2. The van der Waals surface area contributed by atoms with Crippen LogP contribution in [0.25, 0.3) is 0 Å². The van der Waals surface area contributed by atoms with Crippen molar-refractivity contribution in [2.75, 3.05) is 5.32 Å². The molecule has 1 rings (SSSR count). The summed E-state index contributed by atoms with van der Waals surface area (Å²) in [4.78, 5) is 11.6. The van der Waals surface area contributed by atoms with E-state index in [4.69, 9.17) is 5.73 Å². The van der Waals surface area contributed by atoms with Crippen molar-refractivity contribution in [1.29, 1.82) is 0 Å².